The molecule has 10 nitrogen and oxygen atoms in total. The lowest BCUT2D eigenvalue weighted by molar-refractivity contribution is 0.256. The van der Waals surface area contributed by atoms with E-state index in [2.05, 4.69) is 20.6 Å². The van der Waals surface area contributed by atoms with Crippen LogP contribution in [0.2, 0.25) is 9.36 Å². The number of anilines is 2. The Labute approximate surface area is 201 Å². The predicted octanol–water partition coefficient (Wildman–Crippen LogP) is 3.70. The SMILES string of the molecule is CNc1cc2ncn(-c3ccc(NC(=O)NS(=O)(=O)c4ccc(Cl)s4)cn3)c(=O)c2cc1Cl. The molecule has 4 aromatic rings. The van der Waals surface area contributed by atoms with E-state index < -0.39 is 16.1 Å². The van der Waals surface area contributed by atoms with Gasteiger partial charge < -0.3 is 10.6 Å². The number of carbonyl (C=O) groups is 1. The maximum atomic E-state index is 12.9. The van der Waals surface area contributed by atoms with Gasteiger partial charge >= 0.3 is 6.03 Å². The number of sulfonamides is 1. The van der Waals surface area contributed by atoms with Crippen molar-refractivity contribution in [2.75, 3.05) is 17.7 Å². The van der Waals surface area contributed by atoms with Crippen LogP contribution in [0.25, 0.3) is 16.7 Å². The quantitative estimate of drug-likeness (QED) is 0.362. The van der Waals surface area contributed by atoms with Crippen molar-refractivity contribution in [3.05, 3.63) is 68.6 Å². The Balaban J connectivity index is 1.54. The maximum Gasteiger partial charge on any atom is 0.333 e. The molecule has 0 unspecified atom stereocenters. The van der Waals surface area contributed by atoms with Crippen LogP contribution in [0.15, 0.2) is 57.9 Å². The molecule has 170 valence electrons. The van der Waals surface area contributed by atoms with Gasteiger partial charge in [-0.05, 0) is 36.4 Å². The molecule has 0 bridgehead atoms. The Morgan fingerprint density at radius 1 is 1.12 bits per heavy atom. The second-order valence-corrected chi connectivity index (χ2v) is 10.6. The zero-order valence-corrected chi connectivity index (χ0v) is 19.8. The summed E-state index contributed by atoms with van der Waals surface area (Å²) in [5.74, 6) is 0.245. The van der Waals surface area contributed by atoms with Gasteiger partial charge in [0.1, 0.15) is 16.4 Å². The molecule has 3 heterocycles. The van der Waals surface area contributed by atoms with Crippen LogP contribution in [0.1, 0.15) is 0 Å². The van der Waals surface area contributed by atoms with Crippen molar-refractivity contribution < 1.29 is 13.2 Å². The number of nitrogens with one attached hydrogen (secondary N) is 3. The van der Waals surface area contributed by atoms with Crippen molar-refractivity contribution in [1.82, 2.24) is 19.3 Å². The lowest BCUT2D eigenvalue weighted by atomic mass is 10.2. The van der Waals surface area contributed by atoms with E-state index >= 15 is 0 Å². The fourth-order valence-electron chi connectivity index (χ4n) is 2.87. The van der Waals surface area contributed by atoms with Gasteiger partial charge in [-0.1, -0.05) is 23.2 Å². The number of benzene rings is 1. The van der Waals surface area contributed by atoms with Gasteiger partial charge in [0.15, 0.2) is 0 Å². The molecule has 0 aliphatic carbocycles. The monoisotopic (exact) mass is 524 g/mol. The molecular weight excluding hydrogens is 511 g/mol. The number of rotatable bonds is 5. The van der Waals surface area contributed by atoms with Crippen LogP contribution >= 0.6 is 34.5 Å². The standard InChI is InChI=1S/C19H14Cl2N6O4S2/c1-22-14-7-13-11(6-12(14)20)18(28)27(9-24-13)16-4-2-10(8-23-16)25-19(29)26-33(30,31)17-5-3-15(21)32-17/h2-9,22H,1H3,(H2,25,26,29). The zero-order valence-electron chi connectivity index (χ0n) is 16.7. The number of hydrogen-bond acceptors (Lipinski definition) is 8. The van der Waals surface area contributed by atoms with E-state index in [1.165, 1.54) is 47.4 Å². The summed E-state index contributed by atoms with van der Waals surface area (Å²) in [5, 5.41) is 5.98. The molecule has 0 saturated heterocycles. The zero-order chi connectivity index (χ0) is 23.8. The number of thiophene rings is 1. The summed E-state index contributed by atoms with van der Waals surface area (Å²) in [5.41, 5.74) is 0.938. The van der Waals surface area contributed by atoms with Gasteiger partial charge in [0.05, 0.1) is 37.8 Å². The number of hydrogen-bond donors (Lipinski definition) is 3. The maximum absolute atomic E-state index is 12.9. The molecule has 0 fully saturated rings. The number of nitrogens with zero attached hydrogens (tertiary/aromatic N) is 3. The summed E-state index contributed by atoms with van der Waals surface area (Å²) >= 11 is 12.7. The third kappa shape index (κ3) is 4.78. The Bertz CT molecular complexity index is 1530. The van der Waals surface area contributed by atoms with Crippen molar-refractivity contribution in [2.45, 2.75) is 4.21 Å². The van der Waals surface area contributed by atoms with Crippen LogP contribution in [0, 0.1) is 0 Å². The van der Waals surface area contributed by atoms with Crippen LogP contribution < -0.4 is 20.9 Å². The highest BCUT2D eigenvalue weighted by Crippen LogP contribution is 2.26. The lowest BCUT2D eigenvalue weighted by Crippen LogP contribution is -2.34. The molecule has 4 rings (SSSR count). The van der Waals surface area contributed by atoms with Crippen molar-refractivity contribution in [2.24, 2.45) is 0 Å². The van der Waals surface area contributed by atoms with Crippen molar-refractivity contribution >= 4 is 72.9 Å². The van der Waals surface area contributed by atoms with Gasteiger partial charge in [-0.15, -0.1) is 11.3 Å². The average molecular weight is 525 g/mol. The van der Waals surface area contributed by atoms with E-state index in [-0.39, 0.29) is 25.6 Å². The molecule has 14 heteroatoms. The largest absolute Gasteiger partial charge is 0.387 e. The van der Waals surface area contributed by atoms with Crippen LogP contribution in [0.4, 0.5) is 16.2 Å². The van der Waals surface area contributed by atoms with Gasteiger partial charge in [-0.3, -0.25) is 9.36 Å². The summed E-state index contributed by atoms with van der Waals surface area (Å²) < 4.78 is 27.7. The van der Waals surface area contributed by atoms with E-state index in [9.17, 15) is 18.0 Å². The van der Waals surface area contributed by atoms with Crippen molar-refractivity contribution in [3.8, 4) is 5.82 Å². The topological polar surface area (TPSA) is 135 Å². The van der Waals surface area contributed by atoms with Crippen LogP contribution in [-0.4, -0.2) is 36.0 Å². The van der Waals surface area contributed by atoms with E-state index in [1.807, 2.05) is 4.72 Å². The Kier molecular flexibility index (Phi) is 6.26. The predicted molar refractivity (Wildman–Crippen MR) is 128 cm³/mol. The highest BCUT2D eigenvalue weighted by molar-refractivity contribution is 7.92. The van der Waals surface area contributed by atoms with E-state index in [4.69, 9.17) is 23.2 Å². The first-order valence-corrected chi connectivity index (χ1v) is 12.2. The molecule has 0 aliphatic rings. The Morgan fingerprint density at radius 2 is 1.91 bits per heavy atom. The second-order valence-electron chi connectivity index (χ2n) is 6.54. The highest BCUT2D eigenvalue weighted by Gasteiger charge is 2.20. The fraction of sp³-hybridized carbons (Fsp3) is 0.0526. The fourth-order valence-corrected chi connectivity index (χ4v) is 5.52. The first kappa shape index (κ1) is 23.0. The summed E-state index contributed by atoms with van der Waals surface area (Å²) in [6, 6.07) is 7.86. The van der Waals surface area contributed by atoms with E-state index in [0.717, 1.165) is 11.3 Å². The van der Waals surface area contributed by atoms with Crippen molar-refractivity contribution in [1.29, 1.82) is 0 Å². The lowest BCUT2D eigenvalue weighted by Gasteiger charge is -2.10. The molecule has 0 radical (unpaired) electrons. The molecule has 0 atom stereocenters. The Hall–Kier alpha value is -3.19. The van der Waals surface area contributed by atoms with Gasteiger partial charge in [-0.25, -0.2) is 27.9 Å². The number of pyridine rings is 1. The molecule has 33 heavy (non-hydrogen) atoms. The van der Waals surface area contributed by atoms with E-state index in [0.29, 0.717) is 21.6 Å². The third-order valence-electron chi connectivity index (χ3n) is 4.41. The number of urea groups is 1. The molecule has 3 N–H and O–H groups in total. The molecule has 1 aromatic carbocycles. The van der Waals surface area contributed by atoms with Crippen molar-refractivity contribution in [3.63, 3.8) is 0 Å². The van der Waals surface area contributed by atoms with Gasteiger partial charge in [-0.2, -0.15) is 0 Å². The average Bonchev–Trinajstić information content (AvgIpc) is 3.22. The number of amides is 2. The highest BCUT2D eigenvalue weighted by atomic mass is 35.5. The second kappa shape index (κ2) is 8.98. The molecule has 3 aromatic heterocycles. The van der Waals surface area contributed by atoms with Gasteiger partial charge in [0, 0.05) is 7.05 Å². The first-order valence-electron chi connectivity index (χ1n) is 9.12. The minimum atomic E-state index is -4.06. The molecule has 0 spiro atoms. The van der Waals surface area contributed by atoms with Crippen LogP contribution in [0.5, 0.6) is 0 Å². The Morgan fingerprint density at radius 3 is 2.55 bits per heavy atom. The molecular formula is C19H14Cl2N6O4S2. The van der Waals surface area contributed by atoms with Gasteiger partial charge in [0.25, 0.3) is 15.6 Å². The normalized spacial score (nSPS) is 11.4. The number of aromatic nitrogens is 3. The molecule has 0 saturated carbocycles. The summed E-state index contributed by atoms with van der Waals surface area (Å²) in [4.78, 5) is 33.4. The summed E-state index contributed by atoms with van der Waals surface area (Å²) in [6.45, 7) is 0. The smallest absolute Gasteiger partial charge is 0.333 e. The third-order valence-corrected chi connectivity index (χ3v) is 7.78. The number of carbonyl (C=O) groups excluding carboxylic acids is 1. The van der Waals surface area contributed by atoms with Gasteiger partial charge in [0.2, 0.25) is 0 Å². The molecule has 0 aliphatic heterocycles. The summed E-state index contributed by atoms with van der Waals surface area (Å²) in [6.07, 6.45) is 2.61. The van der Waals surface area contributed by atoms with Crippen LogP contribution in [-0.2, 0) is 10.0 Å². The minimum absolute atomic E-state index is 0.0961. The van der Waals surface area contributed by atoms with Crippen LogP contribution in [0.3, 0.4) is 0 Å². The number of halogens is 2. The van der Waals surface area contributed by atoms with E-state index in [1.54, 1.807) is 13.1 Å². The molecule has 2 amide bonds. The number of fused-ring (bicyclic) bond motifs is 1. The summed E-state index contributed by atoms with van der Waals surface area (Å²) in [7, 11) is -2.35. The minimum Gasteiger partial charge on any atom is -0.387 e. The first-order chi connectivity index (χ1) is 15.7.